The van der Waals surface area contributed by atoms with Gasteiger partial charge in [-0.25, -0.2) is 14.1 Å². The van der Waals surface area contributed by atoms with Gasteiger partial charge in [-0.2, -0.15) is 5.26 Å². The molecular weight excluding hydrogens is 523 g/mol. The summed E-state index contributed by atoms with van der Waals surface area (Å²) in [6.45, 7) is 0.554. The number of benzene rings is 2. The van der Waals surface area contributed by atoms with Gasteiger partial charge in [0.1, 0.15) is 17.6 Å². The summed E-state index contributed by atoms with van der Waals surface area (Å²) in [6.07, 6.45) is 7.74. The average Bonchev–Trinajstić information content (AvgIpc) is 3.41. The van der Waals surface area contributed by atoms with Gasteiger partial charge in [0, 0.05) is 41.8 Å². The zero-order valence-electron chi connectivity index (χ0n) is 21.0. The van der Waals surface area contributed by atoms with Gasteiger partial charge >= 0.3 is 0 Å². The molecule has 2 N–H and O–H groups in total. The highest BCUT2D eigenvalue weighted by Crippen LogP contribution is 2.37. The lowest BCUT2D eigenvalue weighted by Crippen LogP contribution is -2.13. The van der Waals surface area contributed by atoms with Crippen molar-refractivity contribution in [3.05, 3.63) is 93.0 Å². The molecule has 2 aromatic carbocycles. The number of halogens is 2. The Morgan fingerprint density at radius 1 is 1.26 bits per heavy atom. The zero-order valence-corrected chi connectivity index (χ0v) is 21.6. The highest BCUT2D eigenvalue weighted by atomic mass is 35.5. The standard InChI is InChI=1S/C27H22ClFN8S/c28-22-12-19(11-21-25(17(13-30)14-33-27(21)22)32-8-7-24-31-9-10-38-24)34-26(16-1-3-18(29)4-2-16)23-15-37(36-35-23)20-5-6-20/h1-4,9-12,14-15,20,26,34H,5-8H2,(H,32,33)/t26-/m1/s1/i26D. The van der Waals surface area contributed by atoms with Gasteiger partial charge < -0.3 is 10.6 Å². The van der Waals surface area contributed by atoms with E-state index in [-0.39, 0.29) is 6.04 Å². The van der Waals surface area contributed by atoms with E-state index >= 15 is 0 Å². The number of hydrogen-bond acceptors (Lipinski definition) is 8. The molecular formula is C27H22ClFN8S. The molecule has 0 unspecified atom stereocenters. The van der Waals surface area contributed by atoms with Crippen molar-refractivity contribution >= 4 is 45.2 Å². The number of anilines is 2. The zero-order chi connectivity index (χ0) is 27.0. The molecule has 190 valence electrons. The molecule has 8 nitrogen and oxygen atoms in total. The third-order valence-electron chi connectivity index (χ3n) is 6.26. The Morgan fingerprint density at radius 2 is 2.11 bits per heavy atom. The number of nitrogens with one attached hydrogen (secondary N) is 2. The van der Waals surface area contributed by atoms with Crippen LogP contribution in [0.3, 0.4) is 0 Å². The lowest BCUT2D eigenvalue weighted by Gasteiger charge is -2.20. The van der Waals surface area contributed by atoms with Gasteiger partial charge in [0.2, 0.25) is 0 Å². The number of thiazole rings is 1. The Labute approximate surface area is 228 Å². The summed E-state index contributed by atoms with van der Waals surface area (Å²) in [7, 11) is 0. The summed E-state index contributed by atoms with van der Waals surface area (Å²) in [4.78, 5) is 8.73. The maximum absolute atomic E-state index is 13.8. The first-order chi connectivity index (χ1) is 18.9. The second kappa shape index (κ2) is 10.4. The molecule has 1 fully saturated rings. The monoisotopic (exact) mass is 545 g/mol. The van der Waals surface area contributed by atoms with Crippen LogP contribution in [0.2, 0.25) is 5.02 Å². The second-order valence-electron chi connectivity index (χ2n) is 8.94. The Bertz CT molecular complexity index is 1680. The van der Waals surface area contributed by atoms with E-state index in [9.17, 15) is 11.0 Å². The van der Waals surface area contributed by atoms with E-state index in [0.29, 0.717) is 57.1 Å². The minimum absolute atomic E-state index is 0.285. The molecule has 3 heterocycles. The number of nitriles is 1. The summed E-state index contributed by atoms with van der Waals surface area (Å²) < 4.78 is 25.1. The van der Waals surface area contributed by atoms with Gasteiger partial charge in [-0.1, -0.05) is 28.9 Å². The van der Waals surface area contributed by atoms with E-state index < -0.39 is 11.8 Å². The Balaban J connectivity index is 1.40. The quantitative estimate of drug-likeness (QED) is 0.229. The molecule has 1 aliphatic rings. The first-order valence-corrected chi connectivity index (χ1v) is 13.3. The Morgan fingerprint density at radius 3 is 2.84 bits per heavy atom. The molecule has 0 aliphatic heterocycles. The molecule has 38 heavy (non-hydrogen) atoms. The van der Waals surface area contributed by atoms with Gasteiger partial charge in [-0.3, -0.25) is 4.98 Å². The number of hydrogen-bond donors (Lipinski definition) is 2. The average molecular weight is 546 g/mol. The highest BCUT2D eigenvalue weighted by molar-refractivity contribution is 7.09. The van der Waals surface area contributed by atoms with Crippen molar-refractivity contribution in [1.29, 1.82) is 5.26 Å². The van der Waals surface area contributed by atoms with E-state index in [1.165, 1.54) is 18.3 Å². The largest absolute Gasteiger partial charge is 0.383 e. The van der Waals surface area contributed by atoms with Crippen molar-refractivity contribution in [2.24, 2.45) is 0 Å². The van der Waals surface area contributed by atoms with Crippen LogP contribution in [0.15, 0.2) is 60.4 Å². The molecule has 3 aromatic heterocycles. The molecule has 0 amide bonds. The van der Waals surface area contributed by atoms with Gasteiger partial charge in [-0.15, -0.1) is 16.4 Å². The number of fused-ring (bicyclic) bond motifs is 1. The van der Waals surface area contributed by atoms with E-state index in [1.54, 1.807) is 52.7 Å². The molecule has 1 aliphatic carbocycles. The fourth-order valence-corrected chi connectivity index (χ4v) is 5.12. The lowest BCUT2D eigenvalue weighted by molar-refractivity contribution is 0.610. The van der Waals surface area contributed by atoms with Crippen molar-refractivity contribution in [1.82, 2.24) is 25.0 Å². The molecule has 0 radical (unpaired) electrons. The van der Waals surface area contributed by atoms with Crippen molar-refractivity contribution in [2.75, 3.05) is 17.2 Å². The van der Waals surface area contributed by atoms with E-state index in [1.807, 2.05) is 5.38 Å². The predicted octanol–water partition coefficient (Wildman–Crippen LogP) is 6.14. The van der Waals surface area contributed by atoms with Crippen LogP contribution in [0.4, 0.5) is 15.8 Å². The third kappa shape index (κ3) is 5.03. The molecule has 5 aromatic rings. The first kappa shape index (κ1) is 23.1. The lowest BCUT2D eigenvalue weighted by atomic mass is 10.0. The van der Waals surface area contributed by atoms with Crippen LogP contribution in [-0.2, 0) is 6.42 Å². The number of aromatic nitrogens is 5. The summed E-state index contributed by atoms with van der Waals surface area (Å²) in [5.74, 6) is -0.403. The fraction of sp³-hybridized carbons (Fsp3) is 0.222. The normalized spacial score (nSPS) is 15.0. The molecule has 0 spiro atoms. The molecule has 11 heteroatoms. The van der Waals surface area contributed by atoms with Gasteiger partial charge in [0.15, 0.2) is 0 Å². The SMILES string of the molecule is [2H][C@@](Nc1cc(Cl)c2ncc(C#N)c(NCCc3nccs3)c2c1)(c1ccc(F)cc1)c1cn(C2CC2)nn1. The van der Waals surface area contributed by atoms with Crippen LogP contribution in [0.1, 0.15) is 48.1 Å². The van der Waals surface area contributed by atoms with Gasteiger partial charge in [0.05, 0.1) is 46.4 Å². The number of nitrogens with zero attached hydrogens (tertiary/aromatic N) is 6. The van der Waals surface area contributed by atoms with Crippen LogP contribution in [0.5, 0.6) is 0 Å². The molecule has 0 saturated heterocycles. The van der Waals surface area contributed by atoms with Crippen molar-refractivity contribution in [3.8, 4) is 6.07 Å². The van der Waals surface area contributed by atoms with Crippen molar-refractivity contribution in [3.63, 3.8) is 0 Å². The highest BCUT2D eigenvalue weighted by Gasteiger charge is 2.27. The van der Waals surface area contributed by atoms with Crippen LogP contribution < -0.4 is 10.6 Å². The number of rotatable bonds is 9. The molecule has 6 rings (SSSR count). The summed E-state index contributed by atoms with van der Waals surface area (Å²) in [5.41, 5.74) is 2.85. The molecule has 1 saturated carbocycles. The second-order valence-corrected chi connectivity index (χ2v) is 10.3. The summed E-state index contributed by atoms with van der Waals surface area (Å²) in [5, 5.41) is 28.8. The van der Waals surface area contributed by atoms with Crippen LogP contribution in [0.25, 0.3) is 10.9 Å². The minimum atomic E-state index is -1.60. The van der Waals surface area contributed by atoms with Crippen LogP contribution in [0, 0.1) is 17.1 Å². The smallest absolute Gasteiger partial charge is 0.123 e. The van der Waals surface area contributed by atoms with E-state index in [2.05, 4.69) is 37.0 Å². The number of pyridine rings is 1. The predicted molar refractivity (Wildman–Crippen MR) is 146 cm³/mol. The topological polar surface area (TPSA) is 104 Å². The van der Waals surface area contributed by atoms with E-state index in [4.69, 9.17) is 11.6 Å². The maximum Gasteiger partial charge on any atom is 0.123 e. The van der Waals surface area contributed by atoms with Gasteiger partial charge in [0.25, 0.3) is 0 Å². The molecule has 1 atom stereocenters. The maximum atomic E-state index is 13.8. The van der Waals surface area contributed by atoms with E-state index in [0.717, 1.165) is 17.8 Å². The Kier molecular flexibility index (Phi) is 6.29. The minimum Gasteiger partial charge on any atom is -0.383 e. The Hall–Kier alpha value is -4.07. The van der Waals surface area contributed by atoms with Crippen molar-refractivity contribution < 1.29 is 5.76 Å². The van der Waals surface area contributed by atoms with Crippen LogP contribution >= 0.6 is 22.9 Å². The van der Waals surface area contributed by atoms with Gasteiger partial charge in [-0.05, 0) is 42.7 Å². The third-order valence-corrected chi connectivity index (χ3v) is 7.39. The van der Waals surface area contributed by atoms with Crippen molar-refractivity contribution in [2.45, 2.75) is 31.3 Å². The van der Waals surface area contributed by atoms with Crippen LogP contribution in [-0.4, -0.2) is 31.5 Å². The summed E-state index contributed by atoms with van der Waals surface area (Å²) in [6, 6.07) is 10.1. The first-order valence-electron chi connectivity index (χ1n) is 12.6. The fourth-order valence-electron chi connectivity index (χ4n) is 4.23. The molecule has 0 bridgehead atoms. The summed E-state index contributed by atoms with van der Waals surface area (Å²) >= 11 is 8.25.